The zero-order chi connectivity index (χ0) is 20.4. The predicted octanol–water partition coefficient (Wildman–Crippen LogP) is 3.00. The van der Waals surface area contributed by atoms with E-state index in [1.807, 2.05) is 0 Å². The maximum absolute atomic E-state index is 13.1. The molecule has 2 N–H and O–H groups in total. The normalized spacial score (nSPS) is 11.0. The van der Waals surface area contributed by atoms with Gasteiger partial charge in [-0.3, -0.25) is 14.6 Å². The fraction of sp³-hybridized carbons (Fsp3) is 0.0556. The van der Waals surface area contributed by atoms with Gasteiger partial charge < -0.3 is 5.32 Å². The van der Waals surface area contributed by atoms with Gasteiger partial charge in [-0.05, 0) is 48.5 Å². The van der Waals surface area contributed by atoms with E-state index in [-0.39, 0.29) is 23.1 Å². The van der Waals surface area contributed by atoms with Gasteiger partial charge in [-0.1, -0.05) is 23.4 Å². The molecule has 0 fully saturated rings. The molecule has 4 rings (SSSR count). The van der Waals surface area contributed by atoms with Crippen molar-refractivity contribution in [2.75, 3.05) is 11.1 Å². The Bertz CT molecular complexity index is 1240. The number of aromatic amines is 1. The molecule has 4 aromatic rings. The third kappa shape index (κ3) is 4.28. The van der Waals surface area contributed by atoms with Crippen LogP contribution < -0.4 is 10.9 Å². The maximum atomic E-state index is 13.1. The van der Waals surface area contributed by atoms with Crippen molar-refractivity contribution in [3.63, 3.8) is 0 Å². The first-order valence-electron chi connectivity index (χ1n) is 8.29. The van der Waals surface area contributed by atoms with E-state index in [0.29, 0.717) is 21.4 Å². The summed E-state index contributed by atoms with van der Waals surface area (Å²) in [5, 5.41) is 15.7. The van der Waals surface area contributed by atoms with E-state index >= 15 is 0 Å². The number of benzene rings is 2. The second-order valence-corrected chi connectivity index (χ2v) is 7.25. The quantitative estimate of drug-likeness (QED) is 0.471. The van der Waals surface area contributed by atoms with Crippen molar-refractivity contribution < 1.29 is 9.18 Å². The maximum Gasteiger partial charge on any atom is 0.279 e. The minimum absolute atomic E-state index is 0.0517. The summed E-state index contributed by atoms with van der Waals surface area (Å²) in [5.74, 6) is -0.479. The van der Waals surface area contributed by atoms with Crippen LogP contribution in [0.5, 0.6) is 0 Å². The molecule has 0 aliphatic rings. The van der Waals surface area contributed by atoms with Crippen molar-refractivity contribution in [2.45, 2.75) is 5.16 Å². The van der Waals surface area contributed by atoms with Crippen LogP contribution in [-0.2, 0) is 4.79 Å². The molecule has 0 saturated carbocycles. The van der Waals surface area contributed by atoms with Crippen LogP contribution >= 0.6 is 23.4 Å². The molecule has 11 heteroatoms. The molecule has 0 aliphatic carbocycles. The summed E-state index contributed by atoms with van der Waals surface area (Å²) in [6.07, 6.45) is 0. The number of carbonyl (C=O) groups is 1. The molecule has 0 radical (unpaired) electrons. The van der Waals surface area contributed by atoms with E-state index in [4.69, 9.17) is 11.6 Å². The number of hydrogen-bond donors (Lipinski definition) is 2. The standard InChI is InChI=1S/C18H12ClFN6O2S/c19-11-3-7-13(8-4-11)21-14(27)9-29-18-24-23-17-22-16(28)15(25-26(17)18)10-1-5-12(20)6-2-10/h1-8H,9H2,(H,21,27)(H,22,23,28). The van der Waals surface area contributed by atoms with E-state index < -0.39 is 11.4 Å². The number of amides is 1. The molecule has 1 amide bonds. The molecule has 146 valence electrons. The Balaban J connectivity index is 1.54. The van der Waals surface area contributed by atoms with E-state index in [1.54, 1.807) is 24.3 Å². The molecule has 0 saturated heterocycles. The van der Waals surface area contributed by atoms with Gasteiger partial charge in [-0.2, -0.15) is 9.61 Å². The first-order valence-corrected chi connectivity index (χ1v) is 9.66. The van der Waals surface area contributed by atoms with Crippen LogP contribution in [0.1, 0.15) is 0 Å². The molecule has 0 aliphatic heterocycles. The second-order valence-electron chi connectivity index (χ2n) is 5.87. The number of H-pyrrole nitrogens is 1. The molecule has 8 nitrogen and oxygen atoms in total. The summed E-state index contributed by atoms with van der Waals surface area (Å²) in [7, 11) is 0. The molecule has 2 aromatic carbocycles. The van der Waals surface area contributed by atoms with Crippen molar-refractivity contribution in [3.05, 3.63) is 69.7 Å². The molecule has 0 spiro atoms. The SMILES string of the molecule is O=C(CSc1nnc2[nH]c(=O)c(-c3ccc(F)cc3)nn12)Nc1ccc(Cl)cc1. The lowest BCUT2D eigenvalue weighted by molar-refractivity contribution is -0.113. The van der Waals surface area contributed by atoms with E-state index in [2.05, 4.69) is 25.6 Å². The van der Waals surface area contributed by atoms with Gasteiger partial charge in [0.15, 0.2) is 5.69 Å². The number of nitrogens with one attached hydrogen (secondary N) is 2. The number of anilines is 1. The van der Waals surface area contributed by atoms with Crippen LogP contribution in [0.2, 0.25) is 5.02 Å². The van der Waals surface area contributed by atoms with Crippen molar-refractivity contribution >= 4 is 40.7 Å². The molecular formula is C18H12ClFN6O2S. The fourth-order valence-electron chi connectivity index (χ4n) is 2.49. The Morgan fingerprint density at radius 1 is 1.14 bits per heavy atom. The van der Waals surface area contributed by atoms with Crippen molar-refractivity contribution in [2.24, 2.45) is 0 Å². The van der Waals surface area contributed by atoms with Gasteiger partial charge in [0.1, 0.15) is 5.82 Å². The van der Waals surface area contributed by atoms with Crippen LogP contribution in [0.4, 0.5) is 10.1 Å². The third-order valence-electron chi connectivity index (χ3n) is 3.83. The minimum Gasteiger partial charge on any atom is -0.325 e. The number of aromatic nitrogens is 5. The first kappa shape index (κ1) is 19.1. The van der Waals surface area contributed by atoms with Gasteiger partial charge in [0.2, 0.25) is 11.1 Å². The fourth-order valence-corrected chi connectivity index (χ4v) is 3.29. The molecular weight excluding hydrogens is 419 g/mol. The zero-order valence-corrected chi connectivity index (χ0v) is 16.2. The van der Waals surface area contributed by atoms with Crippen LogP contribution in [0, 0.1) is 5.82 Å². The Labute approximate surface area is 172 Å². The summed E-state index contributed by atoms with van der Waals surface area (Å²) >= 11 is 6.93. The number of rotatable bonds is 5. The number of nitrogens with zero attached hydrogens (tertiary/aromatic N) is 4. The average Bonchev–Trinajstić information content (AvgIpc) is 3.10. The van der Waals surface area contributed by atoms with Gasteiger partial charge in [-0.15, -0.1) is 10.2 Å². The molecule has 2 heterocycles. The highest BCUT2D eigenvalue weighted by molar-refractivity contribution is 7.99. The van der Waals surface area contributed by atoms with Gasteiger partial charge in [-0.25, -0.2) is 4.39 Å². The smallest absolute Gasteiger partial charge is 0.279 e. The van der Waals surface area contributed by atoms with Crippen LogP contribution in [0.25, 0.3) is 17.0 Å². The molecule has 0 unspecified atom stereocenters. The van der Waals surface area contributed by atoms with Crippen molar-refractivity contribution in [1.29, 1.82) is 0 Å². The summed E-state index contributed by atoms with van der Waals surface area (Å²) in [6, 6.07) is 12.1. The zero-order valence-electron chi connectivity index (χ0n) is 14.6. The summed E-state index contributed by atoms with van der Waals surface area (Å²) in [6.45, 7) is 0. The molecule has 2 aromatic heterocycles. The molecule has 0 bridgehead atoms. The topological polar surface area (TPSA) is 105 Å². The van der Waals surface area contributed by atoms with Crippen LogP contribution in [0.15, 0.2) is 58.5 Å². The molecule has 0 atom stereocenters. The van der Waals surface area contributed by atoms with Gasteiger partial charge in [0.25, 0.3) is 11.3 Å². The summed E-state index contributed by atoms with van der Waals surface area (Å²) < 4.78 is 14.5. The number of halogens is 2. The largest absolute Gasteiger partial charge is 0.325 e. The van der Waals surface area contributed by atoms with E-state index in [0.717, 1.165) is 11.8 Å². The Kier molecular flexibility index (Phi) is 5.28. The van der Waals surface area contributed by atoms with Gasteiger partial charge in [0, 0.05) is 16.3 Å². The van der Waals surface area contributed by atoms with Crippen molar-refractivity contribution in [1.82, 2.24) is 24.8 Å². The number of fused-ring (bicyclic) bond motifs is 1. The monoisotopic (exact) mass is 430 g/mol. The Morgan fingerprint density at radius 2 is 1.86 bits per heavy atom. The highest BCUT2D eigenvalue weighted by atomic mass is 35.5. The summed E-state index contributed by atoms with van der Waals surface area (Å²) in [5.41, 5.74) is 0.671. The van der Waals surface area contributed by atoms with Crippen molar-refractivity contribution in [3.8, 4) is 11.3 Å². The number of hydrogen-bond acceptors (Lipinski definition) is 6. The van der Waals surface area contributed by atoms with E-state index in [9.17, 15) is 14.0 Å². The van der Waals surface area contributed by atoms with Crippen LogP contribution in [-0.4, -0.2) is 36.5 Å². The van der Waals surface area contributed by atoms with Gasteiger partial charge in [0.05, 0.1) is 5.75 Å². The third-order valence-corrected chi connectivity index (χ3v) is 5.00. The minimum atomic E-state index is -0.478. The Hall–Kier alpha value is -3.24. The lowest BCUT2D eigenvalue weighted by Gasteiger charge is -2.05. The second kappa shape index (κ2) is 8.02. The predicted molar refractivity (Wildman–Crippen MR) is 108 cm³/mol. The Morgan fingerprint density at radius 3 is 2.59 bits per heavy atom. The van der Waals surface area contributed by atoms with E-state index in [1.165, 1.54) is 28.8 Å². The first-order chi connectivity index (χ1) is 14.0. The highest BCUT2D eigenvalue weighted by Crippen LogP contribution is 2.19. The molecule has 29 heavy (non-hydrogen) atoms. The van der Waals surface area contributed by atoms with Gasteiger partial charge >= 0.3 is 0 Å². The summed E-state index contributed by atoms with van der Waals surface area (Å²) in [4.78, 5) is 27.0. The number of carbonyl (C=O) groups excluding carboxylic acids is 1. The average molecular weight is 431 g/mol. The van der Waals surface area contributed by atoms with Crippen LogP contribution in [0.3, 0.4) is 0 Å². The lowest BCUT2D eigenvalue weighted by atomic mass is 10.2. The highest BCUT2D eigenvalue weighted by Gasteiger charge is 2.14. The lowest BCUT2D eigenvalue weighted by Crippen LogP contribution is -2.16. The number of thioether (sulfide) groups is 1.